The summed E-state index contributed by atoms with van der Waals surface area (Å²) in [7, 11) is 0. The quantitative estimate of drug-likeness (QED) is 0.717. The van der Waals surface area contributed by atoms with Gasteiger partial charge in [-0.3, -0.25) is 4.98 Å². The Morgan fingerprint density at radius 2 is 1.41 bits per heavy atom. The molecule has 0 fully saturated rings. The molecular weight excluding hydrogens is 276 g/mol. The zero-order valence-corrected chi connectivity index (χ0v) is 11.8. The number of hydrogen-bond donors (Lipinski definition) is 0. The first-order chi connectivity index (χ1) is 10.8. The van der Waals surface area contributed by atoms with Crippen LogP contribution in [0.15, 0.2) is 85.2 Å². The van der Waals surface area contributed by atoms with Crippen molar-refractivity contribution in [1.82, 2.24) is 4.98 Å². The molecule has 0 saturated heterocycles. The van der Waals surface area contributed by atoms with Crippen molar-refractivity contribution in [3.05, 3.63) is 85.2 Å². The van der Waals surface area contributed by atoms with Gasteiger partial charge < -0.3 is 4.74 Å². The summed E-state index contributed by atoms with van der Waals surface area (Å²) in [5, 5.41) is 0. The van der Waals surface area contributed by atoms with Crippen LogP contribution in [0.5, 0.6) is 5.75 Å². The average Bonchev–Trinajstić information content (AvgIpc) is 2.58. The number of amides is 1. The van der Waals surface area contributed by atoms with Gasteiger partial charge in [0.05, 0.1) is 17.6 Å². The summed E-state index contributed by atoms with van der Waals surface area (Å²) >= 11 is 0. The van der Waals surface area contributed by atoms with E-state index in [9.17, 15) is 4.79 Å². The highest BCUT2D eigenvalue weighted by atomic mass is 16.6. The summed E-state index contributed by atoms with van der Waals surface area (Å²) in [5.74, 6) is 0.407. The van der Waals surface area contributed by atoms with Gasteiger partial charge in [-0.2, -0.15) is 0 Å². The van der Waals surface area contributed by atoms with Gasteiger partial charge in [0.25, 0.3) is 0 Å². The maximum atomic E-state index is 12.6. The van der Waals surface area contributed by atoms with Gasteiger partial charge in [-0.1, -0.05) is 36.4 Å². The van der Waals surface area contributed by atoms with E-state index in [2.05, 4.69) is 4.98 Å². The van der Waals surface area contributed by atoms with Gasteiger partial charge in [-0.25, -0.2) is 9.69 Å². The molecule has 1 heterocycles. The molecule has 4 nitrogen and oxygen atoms in total. The lowest BCUT2D eigenvalue weighted by Crippen LogP contribution is -2.29. The highest BCUT2D eigenvalue weighted by molar-refractivity contribution is 5.96. The Labute approximate surface area is 128 Å². The number of ether oxygens (including phenoxy) is 1. The minimum absolute atomic E-state index is 0.407. The number of aromatic nitrogens is 1. The van der Waals surface area contributed by atoms with E-state index in [0.717, 1.165) is 11.4 Å². The molecule has 2 aromatic carbocycles. The zero-order chi connectivity index (χ0) is 15.2. The molecule has 0 spiro atoms. The van der Waals surface area contributed by atoms with E-state index in [-0.39, 0.29) is 0 Å². The molecule has 0 aliphatic heterocycles. The molecule has 108 valence electrons. The van der Waals surface area contributed by atoms with E-state index < -0.39 is 6.09 Å². The lowest BCUT2D eigenvalue weighted by molar-refractivity contribution is 0.210. The van der Waals surface area contributed by atoms with Crippen LogP contribution in [0.3, 0.4) is 0 Å². The standard InChI is InChI=1S/C18H14N2O2/c21-18(22-17-12-7-13-19-14-17)20(15-8-3-1-4-9-15)16-10-5-2-6-11-16/h1-14H. The first kappa shape index (κ1) is 13.8. The number of carbonyl (C=O) groups is 1. The van der Waals surface area contributed by atoms with Crippen LogP contribution in [-0.4, -0.2) is 11.1 Å². The van der Waals surface area contributed by atoms with E-state index in [0.29, 0.717) is 5.75 Å². The van der Waals surface area contributed by atoms with Gasteiger partial charge in [-0.15, -0.1) is 0 Å². The average molecular weight is 290 g/mol. The fourth-order valence-electron chi connectivity index (χ4n) is 2.07. The number of para-hydroxylation sites is 2. The first-order valence-corrected chi connectivity index (χ1v) is 6.86. The summed E-state index contributed by atoms with van der Waals surface area (Å²) in [6, 6.07) is 22.2. The Morgan fingerprint density at radius 1 is 0.818 bits per heavy atom. The number of rotatable bonds is 3. The maximum Gasteiger partial charge on any atom is 0.424 e. The Morgan fingerprint density at radius 3 is 1.91 bits per heavy atom. The van der Waals surface area contributed by atoms with Crippen molar-refractivity contribution in [1.29, 1.82) is 0 Å². The molecule has 0 unspecified atom stereocenters. The van der Waals surface area contributed by atoms with Crippen LogP contribution >= 0.6 is 0 Å². The van der Waals surface area contributed by atoms with Crippen molar-refractivity contribution < 1.29 is 9.53 Å². The van der Waals surface area contributed by atoms with Crippen LogP contribution < -0.4 is 9.64 Å². The molecule has 4 heteroatoms. The van der Waals surface area contributed by atoms with Crippen LogP contribution in [0.4, 0.5) is 16.2 Å². The molecule has 0 aliphatic rings. The smallest absolute Gasteiger partial charge is 0.408 e. The van der Waals surface area contributed by atoms with Crippen molar-refractivity contribution >= 4 is 17.5 Å². The topological polar surface area (TPSA) is 42.4 Å². The van der Waals surface area contributed by atoms with E-state index in [1.807, 2.05) is 60.7 Å². The fraction of sp³-hybridized carbons (Fsp3) is 0. The van der Waals surface area contributed by atoms with Crippen LogP contribution in [0.1, 0.15) is 0 Å². The second kappa shape index (κ2) is 6.54. The number of nitrogens with zero attached hydrogens (tertiary/aromatic N) is 2. The Bertz CT molecular complexity index is 691. The van der Waals surface area contributed by atoms with Crippen LogP contribution in [0.25, 0.3) is 0 Å². The maximum absolute atomic E-state index is 12.6. The predicted octanol–water partition coefficient (Wildman–Crippen LogP) is 4.42. The number of hydrogen-bond acceptors (Lipinski definition) is 3. The summed E-state index contributed by atoms with van der Waals surface area (Å²) in [6.45, 7) is 0. The van der Waals surface area contributed by atoms with E-state index >= 15 is 0 Å². The highest BCUT2D eigenvalue weighted by Crippen LogP contribution is 2.26. The Balaban J connectivity index is 1.94. The van der Waals surface area contributed by atoms with Crippen LogP contribution in [0, 0.1) is 0 Å². The molecule has 1 aromatic heterocycles. The second-order valence-electron chi connectivity index (χ2n) is 4.56. The Kier molecular flexibility index (Phi) is 4.11. The summed E-state index contributed by atoms with van der Waals surface area (Å²) < 4.78 is 5.41. The van der Waals surface area contributed by atoms with Gasteiger partial charge in [-0.05, 0) is 36.4 Å². The third kappa shape index (κ3) is 3.12. The molecule has 0 bridgehead atoms. The van der Waals surface area contributed by atoms with E-state index in [1.165, 1.54) is 11.1 Å². The second-order valence-corrected chi connectivity index (χ2v) is 4.56. The molecule has 0 aliphatic carbocycles. The van der Waals surface area contributed by atoms with Crippen molar-refractivity contribution in [2.75, 3.05) is 4.90 Å². The van der Waals surface area contributed by atoms with Crippen molar-refractivity contribution in [2.24, 2.45) is 0 Å². The summed E-state index contributed by atoms with van der Waals surface area (Å²) in [4.78, 5) is 18.1. The van der Waals surface area contributed by atoms with Gasteiger partial charge in [0.2, 0.25) is 0 Å². The third-order valence-electron chi connectivity index (χ3n) is 3.05. The molecule has 0 atom stereocenters. The minimum Gasteiger partial charge on any atom is -0.408 e. The third-order valence-corrected chi connectivity index (χ3v) is 3.05. The first-order valence-electron chi connectivity index (χ1n) is 6.86. The van der Waals surface area contributed by atoms with Gasteiger partial charge in [0, 0.05) is 6.20 Å². The molecule has 0 radical (unpaired) electrons. The number of benzene rings is 2. The highest BCUT2D eigenvalue weighted by Gasteiger charge is 2.19. The van der Waals surface area contributed by atoms with Gasteiger partial charge >= 0.3 is 6.09 Å². The van der Waals surface area contributed by atoms with Crippen molar-refractivity contribution in [3.8, 4) is 5.75 Å². The predicted molar refractivity (Wildman–Crippen MR) is 85.3 cm³/mol. The molecular formula is C18H14N2O2. The fourth-order valence-corrected chi connectivity index (χ4v) is 2.07. The lowest BCUT2D eigenvalue weighted by atomic mass is 10.2. The summed E-state index contributed by atoms with van der Waals surface area (Å²) in [5.41, 5.74) is 1.48. The number of anilines is 2. The SMILES string of the molecule is O=C(Oc1cccnc1)N(c1ccccc1)c1ccccc1. The van der Waals surface area contributed by atoms with Gasteiger partial charge in [0.1, 0.15) is 0 Å². The Hall–Kier alpha value is -3.14. The zero-order valence-electron chi connectivity index (χ0n) is 11.8. The minimum atomic E-state index is -0.481. The van der Waals surface area contributed by atoms with Gasteiger partial charge in [0.15, 0.2) is 5.75 Å². The molecule has 0 N–H and O–H groups in total. The van der Waals surface area contributed by atoms with Crippen LogP contribution in [0.2, 0.25) is 0 Å². The van der Waals surface area contributed by atoms with Crippen molar-refractivity contribution in [3.63, 3.8) is 0 Å². The monoisotopic (exact) mass is 290 g/mol. The largest absolute Gasteiger partial charge is 0.424 e. The van der Waals surface area contributed by atoms with E-state index in [4.69, 9.17) is 4.74 Å². The van der Waals surface area contributed by atoms with Crippen molar-refractivity contribution in [2.45, 2.75) is 0 Å². The number of carbonyl (C=O) groups excluding carboxylic acids is 1. The number of pyridine rings is 1. The molecule has 3 rings (SSSR count). The summed E-state index contributed by atoms with van der Waals surface area (Å²) in [6.07, 6.45) is 2.65. The molecule has 1 amide bonds. The lowest BCUT2D eigenvalue weighted by Gasteiger charge is -2.22. The molecule has 3 aromatic rings. The molecule has 0 saturated carbocycles. The normalized spacial score (nSPS) is 10.0. The van der Waals surface area contributed by atoms with E-state index in [1.54, 1.807) is 18.3 Å². The van der Waals surface area contributed by atoms with Crippen LogP contribution in [-0.2, 0) is 0 Å². The molecule has 22 heavy (non-hydrogen) atoms.